The molecule has 0 radical (unpaired) electrons. The van der Waals surface area contributed by atoms with Gasteiger partial charge in [0, 0.05) is 10.8 Å². The van der Waals surface area contributed by atoms with Crippen LogP contribution < -0.4 is 0 Å². The van der Waals surface area contributed by atoms with Gasteiger partial charge < -0.3 is 20.4 Å². The van der Waals surface area contributed by atoms with E-state index >= 15 is 0 Å². The van der Waals surface area contributed by atoms with Gasteiger partial charge in [0.1, 0.15) is 23.0 Å². The highest BCUT2D eigenvalue weighted by Gasteiger charge is 2.46. The van der Waals surface area contributed by atoms with Gasteiger partial charge in [-0.1, -0.05) is 24.3 Å². The van der Waals surface area contributed by atoms with Gasteiger partial charge in [0.15, 0.2) is 0 Å². The van der Waals surface area contributed by atoms with Crippen molar-refractivity contribution in [2.45, 2.75) is 118 Å². The first-order valence-corrected chi connectivity index (χ1v) is 17.9. The summed E-state index contributed by atoms with van der Waals surface area (Å²) >= 11 is 0. The lowest BCUT2D eigenvalue weighted by Gasteiger charge is -2.48. The van der Waals surface area contributed by atoms with Crippen molar-refractivity contribution in [3.8, 4) is 23.0 Å². The van der Waals surface area contributed by atoms with E-state index in [1.807, 2.05) is 52.0 Å². The van der Waals surface area contributed by atoms with Crippen LogP contribution in [0.15, 0.2) is 48.5 Å². The minimum absolute atomic E-state index is 0.165. The highest BCUT2D eigenvalue weighted by atomic mass is 16.3. The summed E-state index contributed by atoms with van der Waals surface area (Å²) in [5, 5.41) is 42.3. The fraction of sp³-hybridized carbons (Fsp3) is 0.455. The second-order valence-corrected chi connectivity index (χ2v) is 15.7. The van der Waals surface area contributed by atoms with Crippen LogP contribution >= 0.6 is 0 Å². The summed E-state index contributed by atoms with van der Waals surface area (Å²) in [5.74, 6) is 2.67. The van der Waals surface area contributed by atoms with Gasteiger partial charge in [-0.15, -0.1) is 0 Å². The van der Waals surface area contributed by atoms with Gasteiger partial charge in [-0.25, -0.2) is 0 Å². The van der Waals surface area contributed by atoms with Gasteiger partial charge in [0.05, 0.1) is 0 Å². The predicted octanol–water partition coefficient (Wildman–Crippen LogP) is 10.6. The van der Waals surface area contributed by atoms with E-state index in [0.717, 1.165) is 95.9 Å². The number of phenolic OH excluding ortho intramolecular Hbond substituents is 4. The Hall–Kier alpha value is -3.92. The first-order chi connectivity index (χ1) is 22.7. The summed E-state index contributed by atoms with van der Waals surface area (Å²) in [6.07, 6.45) is 8.75. The number of rotatable bonds is 5. The maximum absolute atomic E-state index is 10.6. The van der Waals surface area contributed by atoms with Crippen LogP contribution in [0.4, 0.5) is 0 Å². The molecule has 0 aliphatic heterocycles. The van der Waals surface area contributed by atoms with Crippen molar-refractivity contribution in [1.82, 2.24) is 0 Å². The molecule has 0 atom stereocenters. The molecule has 4 nitrogen and oxygen atoms in total. The van der Waals surface area contributed by atoms with Crippen molar-refractivity contribution in [2.24, 2.45) is 11.8 Å². The molecule has 0 amide bonds. The van der Waals surface area contributed by atoms with Crippen LogP contribution in [0.5, 0.6) is 23.0 Å². The molecule has 4 aromatic carbocycles. The summed E-state index contributed by atoms with van der Waals surface area (Å²) in [4.78, 5) is 0. The number of aromatic hydroxyl groups is 4. The fourth-order valence-corrected chi connectivity index (χ4v) is 9.84. The van der Waals surface area contributed by atoms with Crippen LogP contribution in [-0.4, -0.2) is 20.4 Å². The monoisotopic (exact) mass is 646 g/mol. The third kappa shape index (κ3) is 5.65. The summed E-state index contributed by atoms with van der Waals surface area (Å²) in [7, 11) is 0. The van der Waals surface area contributed by atoms with Gasteiger partial charge in [-0.05, 0) is 210 Å². The van der Waals surface area contributed by atoms with Crippen molar-refractivity contribution >= 4 is 0 Å². The minimum atomic E-state index is -0.165. The van der Waals surface area contributed by atoms with Gasteiger partial charge >= 0.3 is 0 Å². The number of hydrogen-bond acceptors (Lipinski definition) is 4. The standard InChI is InChI=1S/C44H54O4/c1-25-21-39(45)29(5)17-35(25)43(36-18-30(6)40(46)22-26(36)2)13-9-33(10-14-43)34-11-15-44(16-12-34,37-19-31(7)41(47)23-27(37)3)38-20-32(8)42(48)24-28(38)4/h17-24,33-34,45-48H,9-16H2,1-8H3. The zero-order valence-corrected chi connectivity index (χ0v) is 30.2. The molecule has 4 aromatic rings. The average Bonchev–Trinajstić information content (AvgIpc) is 3.04. The van der Waals surface area contributed by atoms with Crippen molar-refractivity contribution < 1.29 is 20.4 Å². The van der Waals surface area contributed by atoms with E-state index in [4.69, 9.17) is 0 Å². The summed E-state index contributed by atoms with van der Waals surface area (Å²) in [5.41, 5.74) is 13.1. The Bertz CT molecular complexity index is 1610. The molecule has 4 heteroatoms. The molecule has 2 fully saturated rings. The lowest BCUT2D eigenvalue weighted by Crippen LogP contribution is -2.40. The van der Waals surface area contributed by atoms with Crippen LogP contribution in [0.2, 0.25) is 0 Å². The molecule has 0 heterocycles. The number of phenols is 4. The first-order valence-electron chi connectivity index (χ1n) is 17.9. The van der Waals surface area contributed by atoms with E-state index in [1.165, 1.54) is 22.3 Å². The van der Waals surface area contributed by atoms with Gasteiger partial charge in [-0.2, -0.15) is 0 Å². The van der Waals surface area contributed by atoms with Gasteiger partial charge in [-0.3, -0.25) is 0 Å². The molecule has 48 heavy (non-hydrogen) atoms. The molecular formula is C44H54O4. The van der Waals surface area contributed by atoms with Crippen molar-refractivity contribution in [2.75, 3.05) is 0 Å². The van der Waals surface area contributed by atoms with Crippen molar-refractivity contribution in [3.05, 3.63) is 115 Å². The highest BCUT2D eigenvalue weighted by molar-refractivity contribution is 5.55. The minimum Gasteiger partial charge on any atom is -0.508 e. The fourth-order valence-electron chi connectivity index (χ4n) is 9.84. The van der Waals surface area contributed by atoms with E-state index in [0.29, 0.717) is 34.8 Å². The zero-order valence-electron chi connectivity index (χ0n) is 30.2. The van der Waals surface area contributed by atoms with E-state index < -0.39 is 0 Å². The number of aryl methyl sites for hydroxylation is 8. The van der Waals surface area contributed by atoms with Crippen LogP contribution in [0.3, 0.4) is 0 Å². The molecule has 4 N–H and O–H groups in total. The second kappa shape index (κ2) is 12.5. The molecule has 0 aromatic heterocycles. The molecule has 0 saturated heterocycles. The smallest absolute Gasteiger partial charge is 0.118 e. The van der Waals surface area contributed by atoms with E-state index in [1.54, 1.807) is 0 Å². The quantitative estimate of drug-likeness (QED) is 0.174. The average molecular weight is 647 g/mol. The highest BCUT2D eigenvalue weighted by Crippen LogP contribution is 2.56. The Balaban J connectivity index is 1.33. The lowest BCUT2D eigenvalue weighted by molar-refractivity contribution is 0.140. The van der Waals surface area contributed by atoms with Gasteiger partial charge in [0.2, 0.25) is 0 Å². The van der Waals surface area contributed by atoms with Crippen LogP contribution in [0.1, 0.15) is 118 Å². The maximum Gasteiger partial charge on any atom is 0.118 e. The van der Waals surface area contributed by atoms with Crippen molar-refractivity contribution in [3.63, 3.8) is 0 Å². The van der Waals surface area contributed by atoms with Crippen molar-refractivity contribution in [1.29, 1.82) is 0 Å². The molecule has 0 spiro atoms. The summed E-state index contributed by atoms with van der Waals surface area (Å²) in [6, 6.07) is 16.6. The topological polar surface area (TPSA) is 80.9 Å². The van der Waals surface area contributed by atoms with Crippen LogP contribution in [-0.2, 0) is 10.8 Å². The second-order valence-electron chi connectivity index (χ2n) is 15.7. The van der Waals surface area contributed by atoms with E-state index in [-0.39, 0.29) is 10.8 Å². The van der Waals surface area contributed by atoms with E-state index in [2.05, 4.69) is 52.0 Å². The maximum atomic E-state index is 10.6. The Labute approximate surface area is 287 Å². The third-order valence-electron chi connectivity index (χ3n) is 12.7. The van der Waals surface area contributed by atoms with Gasteiger partial charge in [0.25, 0.3) is 0 Å². The largest absolute Gasteiger partial charge is 0.508 e. The summed E-state index contributed by atoms with van der Waals surface area (Å²) < 4.78 is 0. The first kappa shape index (κ1) is 34.0. The number of hydrogen-bond donors (Lipinski definition) is 4. The Morgan fingerprint density at radius 2 is 0.562 bits per heavy atom. The predicted molar refractivity (Wildman–Crippen MR) is 196 cm³/mol. The molecule has 6 rings (SSSR count). The normalized spacial score (nSPS) is 18.2. The summed E-state index contributed by atoms with van der Waals surface area (Å²) in [6.45, 7) is 16.5. The van der Waals surface area contributed by atoms with Crippen LogP contribution in [0, 0.1) is 67.2 Å². The SMILES string of the molecule is Cc1cc(C2(c3cc(C)c(O)cc3C)CCC(C3CCC(c4cc(C)c(O)cc4C)(c4cc(C)c(O)cc4C)CC3)CC2)c(C)cc1O. The Morgan fingerprint density at radius 1 is 0.354 bits per heavy atom. The molecule has 254 valence electrons. The molecule has 2 aliphatic rings. The van der Waals surface area contributed by atoms with E-state index in [9.17, 15) is 20.4 Å². The zero-order chi connectivity index (χ0) is 34.7. The molecule has 0 unspecified atom stereocenters. The number of benzene rings is 4. The molecule has 2 aliphatic carbocycles. The Kier molecular flexibility index (Phi) is 8.85. The molecular weight excluding hydrogens is 592 g/mol. The lowest BCUT2D eigenvalue weighted by atomic mass is 9.56. The third-order valence-corrected chi connectivity index (χ3v) is 12.7. The molecule has 0 bridgehead atoms. The van der Waals surface area contributed by atoms with Crippen LogP contribution in [0.25, 0.3) is 0 Å². The molecule has 2 saturated carbocycles. The Morgan fingerprint density at radius 3 is 0.771 bits per heavy atom.